The van der Waals surface area contributed by atoms with Crippen molar-refractivity contribution < 1.29 is 13.6 Å². The van der Waals surface area contributed by atoms with E-state index in [-0.39, 0.29) is 11.7 Å². The molecule has 35 heavy (non-hydrogen) atoms. The minimum atomic E-state index is -0.730. The van der Waals surface area contributed by atoms with Crippen LogP contribution >= 0.6 is 0 Å². The highest BCUT2D eigenvalue weighted by atomic mass is 19.1. The van der Waals surface area contributed by atoms with Crippen LogP contribution in [0.3, 0.4) is 0 Å². The van der Waals surface area contributed by atoms with Crippen molar-refractivity contribution in [2.24, 2.45) is 0 Å². The van der Waals surface area contributed by atoms with Crippen molar-refractivity contribution in [1.29, 1.82) is 0 Å². The van der Waals surface area contributed by atoms with E-state index in [0.29, 0.717) is 32.7 Å². The van der Waals surface area contributed by atoms with Gasteiger partial charge >= 0.3 is 6.03 Å². The van der Waals surface area contributed by atoms with Crippen molar-refractivity contribution in [1.82, 2.24) is 24.7 Å². The van der Waals surface area contributed by atoms with Gasteiger partial charge in [0.15, 0.2) is 0 Å². The van der Waals surface area contributed by atoms with Crippen molar-refractivity contribution in [2.75, 3.05) is 64.0 Å². The Morgan fingerprint density at radius 3 is 2.46 bits per heavy atom. The van der Waals surface area contributed by atoms with Gasteiger partial charge in [0.2, 0.25) is 0 Å². The molecule has 1 aromatic heterocycles. The fourth-order valence-electron chi connectivity index (χ4n) is 4.07. The molecular formula is C25H31F2N7O. The Morgan fingerprint density at radius 1 is 1.03 bits per heavy atom. The quantitative estimate of drug-likeness (QED) is 0.477. The largest absolute Gasteiger partial charge is 0.369 e. The second-order valence-corrected chi connectivity index (χ2v) is 8.94. The zero-order valence-electron chi connectivity index (χ0n) is 20.1. The van der Waals surface area contributed by atoms with Crippen LogP contribution in [-0.4, -0.2) is 84.1 Å². The van der Waals surface area contributed by atoms with Gasteiger partial charge in [-0.15, -0.1) is 0 Å². The molecule has 2 heterocycles. The van der Waals surface area contributed by atoms with Gasteiger partial charge in [0.1, 0.15) is 23.3 Å². The third-order valence-electron chi connectivity index (χ3n) is 5.86. The maximum Gasteiger partial charge on any atom is 0.321 e. The van der Waals surface area contributed by atoms with Crippen LogP contribution in [0.15, 0.2) is 42.5 Å². The number of rotatable bonds is 8. The maximum absolute atomic E-state index is 13.4. The molecule has 3 aromatic rings. The summed E-state index contributed by atoms with van der Waals surface area (Å²) in [6.07, 6.45) is 1.01. The fourth-order valence-corrected chi connectivity index (χ4v) is 4.07. The van der Waals surface area contributed by atoms with Crippen LogP contribution in [0.5, 0.6) is 0 Å². The number of hydrogen-bond donors (Lipinski definition) is 2. The van der Waals surface area contributed by atoms with Crippen LogP contribution in [0.1, 0.15) is 12.2 Å². The highest BCUT2D eigenvalue weighted by molar-refractivity contribution is 5.89. The summed E-state index contributed by atoms with van der Waals surface area (Å²) in [5.74, 6) is 0.107. The molecule has 1 saturated heterocycles. The Hall–Kier alpha value is -3.37. The summed E-state index contributed by atoms with van der Waals surface area (Å²) < 4.78 is 26.8. The molecule has 0 atom stereocenters. The Bertz CT molecular complexity index is 1150. The number of fused-ring (bicyclic) bond motifs is 1. The number of piperazine rings is 1. The Kier molecular flexibility index (Phi) is 8.04. The molecule has 1 aliphatic rings. The van der Waals surface area contributed by atoms with Gasteiger partial charge in [-0.05, 0) is 51.3 Å². The lowest BCUT2D eigenvalue weighted by Crippen LogP contribution is -2.49. The SMILES string of the molecule is CN(C)CCCNc1nc(CN2CCN(C(=O)Nc3cc(F)cc(F)c3)CC2)nc2ccccc12. The Balaban J connectivity index is 1.35. The standard InChI is InChI=1S/C25H31F2N7O/c1-32(2)9-5-8-28-24-21-6-3-4-7-22(21)30-23(31-24)17-33-10-12-34(13-11-33)25(35)29-20-15-18(26)14-19(27)16-20/h3-4,6-7,14-16H,5,8-13,17H2,1-2H3,(H,29,35)(H,28,30,31). The number of para-hydroxylation sites is 1. The van der Waals surface area contributed by atoms with Crippen LogP contribution in [0.25, 0.3) is 10.9 Å². The van der Waals surface area contributed by atoms with Crippen molar-refractivity contribution in [3.63, 3.8) is 0 Å². The molecule has 1 fully saturated rings. The van der Waals surface area contributed by atoms with Gasteiger partial charge in [-0.2, -0.15) is 0 Å². The molecule has 4 rings (SSSR count). The second-order valence-electron chi connectivity index (χ2n) is 8.94. The summed E-state index contributed by atoms with van der Waals surface area (Å²) in [4.78, 5) is 28.1. The average molecular weight is 484 g/mol. The number of nitrogens with one attached hydrogen (secondary N) is 2. The third-order valence-corrected chi connectivity index (χ3v) is 5.86. The summed E-state index contributed by atoms with van der Waals surface area (Å²) >= 11 is 0. The second kappa shape index (κ2) is 11.4. The van der Waals surface area contributed by atoms with E-state index in [1.165, 1.54) is 0 Å². The smallest absolute Gasteiger partial charge is 0.321 e. The third kappa shape index (κ3) is 6.83. The van der Waals surface area contributed by atoms with Crippen LogP contribution in [0.2, 0.25) is 0 Å². The van der Waals surface area contributed by atoms with Crippen LogP contribution in [0.4, 0.5) is 25.1 Å². The van der Waals surface area contributed by atoms with Gasteiger partial charge in [0, 0.05) is 49.9 Å². The summed E-state index contributed by atoms with van der Waals surface area (Å²) in [5, 5.41) is 7.03. The summed E-state index contributed by atoms with van der Waals surface area (Å²) in [6.45, 7) is 4.66. The maximum atomic E-state index is 13.4. The molecule has 0 saturated carbocycles. The van der Waals surface area contributed by atoms with Crippen LogP contribution < -0.4 is 10.6 Å². The van der Waals surface area contributed by atoms with Crippen LogP contribution in [0, 0.1) is 11.6 Å². The topological polar surface area (TPSA) is 76.6 Å². The Morgan fingerprint density at radius 2 is 1.74 bits per heavy atom. The molecule has 10 heteroatoms. The number of benzene rings is 2. The zero-order chi connectivity index (χ0) is 24.8. The molecular weight excluding hydrogens is 452 g/mol. The molecule has 8 nitrogen and oxygen atoms in total. The molecule has 0 radical (unpaired) electrons. The first-order valence-corrected chi connectivity index (χ1v) is 11.8. The van der Waals surface area contributed by atoms with E-state index in [2.05, 4.69) is 34.5 Å². The van der Waals surface area contributed by atoms with Gasteiger partial charge in [-0.25, -0.2) is 23.5 Å². The highest BCUT2D eigenvalue weighted by Gasteiger charge is 2.22. The van der Waals surface area contributed by atoms with E-state index in [1.54, 1.807) is 4.90 Å². The molecule has 0 bridgehead atoms. The summed E-state index contributed by atoms with van der Waals surface area (Å²) in [6, 6.07) is 10.6. The molecule has 0 spiro atoms. The first-order valence-electron chi connectivity index (χ1n) is 11.8. The van der Waals surface area contributed by atoms with E-state index >= 15 is 0 Å². The lowest BCUT2D eigenvalue weighted by molar-refractivity contribution is 0.141. The van der Waals surface area contributed by atoms with E-state index < -0.39 is 11.6 Å². The number of anilines is 2. The minimum absolute atomic E-state index is 0.102. The number of carbonyl (C=O) groups excluding carboxylic acids is 1. The number of aromatic nitrogens is 2. The van der Waals surface area contributed by atoms with Crippen LogP contribution in [-0.2, 0) is 6.54 Å². The molecule has 0 aliphatic carbocycles. The molecule has 1 aliphatic heterocycles. The molecule has 2 amide bonds. The van der Waals surface area contributed by atoms with E-state index in [9.17, 15) is 13.6 Å². The summed E-state index contributed by atoms with van der Waals surface area (Å²) in [7, 11) is 4.12. The lowest BCUT2D eigenvalue weighted by Gasteiger charge is -2.34. The molecule has 2 aromatic carbocycles. The number of carbonyl (C=O) groups is 1. The van der Waals surface area contributed by atoms with E-state index in [4.69, 9.17) is 9.97 Å². The monoisotopic (exact) mass is 483 g/mol. The van der Waals surface area contributed by atoms with Crippen molar-refractivity contribution >= 4 is 28.4 Å². The number of hydrogen-bond acceptors (Lipinski definition) is 6. The Labute approximate surface area is 203 Å². The lowest BCUT2D eigenvalue weighted by atomic mass is 10.2. The first-order chi connectivity index (χ1) is 16.9. The van der Waals surface area contributed by atoms with Crippen molar-refractivity contribution in [2.45, 2.75) is 13.0 Å². The van der Waals surface area contributed by atoms with E-state index in [0.717, 1.165) is 60.3 Å². The van der Waals surface area contributed by atoms with Gasteiger partial charge in [-0.1, -0.05) is 12.1 Å². The fraction of sp³-hybridized carbons (Fsp3) is 0.400. The number of amides is 2. The predicted molar refractivity (Wildman–Crippen MR) is 133 cm³/mol. The number of nitrogens with zero attached hydrogens (tertiary/aromatic N) is 5. The minimum Gasteiger partial charge on any atom is -0.369 e. The molecule has 2 N–H and O–H groups in total. The normalized spacial score (nSPS) is 14.5. The highest BCUT2D eigenvalue weighted by Crippen LogP contribution is 2.21. The summed E-state index contributed by atoms with van der Waals surface area (Å²) in [5.41, 5.74) is 0.998. The van der Waals surface area contributed by atoms with Gasteiger partial charge in [0.05, 0.1) is 12.1 Å². The van der Waals surface area contributed by atoms with Gasteiger partial charge in [0.25, 0.3) is 0 Å². The number of urea groups is 1. The van der Waals surface area contributed by atoms with Crippen molar-refractivity contribution in [3.8, 4) is 0 Å². The van der Waals surface area contributed by atoms with Crippen molar-refractivity contribution in [3.05, 3.63) is 59.9 Å². The van der Waals surface area contributed by atoms with E-state index in [1.807, 2.05) is 24.3 Å². The van der Waals surface area contributed by atoms with Gasteiger partial charge in [-0.3, -0.25) is 4.90 Å². The first kappa shape index (κ1) is 24.7. The van der Waals surface area contributed by atoms with Gasteiger partial charge < -0.3 is 20.4 Å². The predicted octanol–water partition coefficient (Wildman–Crippen LogP) is 3.62. The zero-order valence-corrected chi connectivity index (χ0v) is 20.1. The number of halogens is 2. The molecule has 0 unspecified atom stereocenters. The average Bonchev–Trinajstić information content (AvgIpc) is 2.81. The molecule has 186 valence electrons.